The zero-order valence-electron chi connectivity index (χ0n) is 21.0. The Bertz CT molecular complexity index is 1470. The summed E-state index contributed by atoms with van der Waals surface area (Å²) in [5, 5.41) is 0.325. The Morgan fingerprint density at radius 3 is 2.58 bits per heavy atom. The van der Waals surface area contributed by atoms with Gasteiger partial charge in [0.1, 0.15) is 37.9 Å². The van der Waals surface area contributed by atoms with E-state index in [9.17, 15) is 4.79 Å². The van der Waals surface area contributed by atoms with Crippen molar-refractivity contribution in [2.45, 2.75) is 20.1 Å². The van der Waals surface area contributed by atoms with Gasteiger partial charge in [0.15, 0.2) is 17.8 Å². The number of ether oxygens (including phenoxy) is 5. The SMILES string of the molecule is COc1cc(COc2cc(OCc3cccc(-c4ccc5c(c4)OCCO5)c3C)c(Cl)cc2C=O)ccn1. The molecule has 0 atom stereocenters. The molecule has 38 heavy (non-hydrogen) atoms. The molecule has 0 saturated carbocycles. The predicted molar refractivity (Wildman–Crippen MR) is 144 cm³/mol. The second-order valence-corrected chi connectivity index (χ2v) is 9.08. The molecule has 0 unspecified atom stereocenters. The third kappa shape index (κ3) is 5.53. The average molecular weight is 532 g/mol. The molecule has 0 aliphatic carbocycles. The standard InChI is InChI=1S/C30H26ClNO6/c1-19-22(4-3-5-24(19)21-6-7-26-29(14-21)36-11-10-35-26)18-38-28-15-27(23(16-33)13-25(28)31)37-17-20-8-9-32-30(12-20)34-2/h3-9,12-16H,10-11,17-18H2,1-2H3. The van der Waals surface area contributed by atoms with Crippen molar-refractivity contribution in [1.82, 2.24) is 4.98 Å². The van der Waals surface area contributed by atoms with E-state index in [-0.39, 0.29) is 13.2 Å². The van der Waals surface area contributed by atoms with Gasteiger partial charge in [0, 0.05) is 18.3 Å². The van der Waals surface area contributed by atoms with Crippen molar-refractivity contribution in [2.24, 2.45) is 0 Å². The Balaban J connectivity index is 1.34. The number of aldehydes is 1. The van der Waals surface area contributed by atoms with Gasteiger partial charge in [-0.05, 0) is 59.0 Å². The molecule has 4 aromatic rings. The summed E-state index contributed by atoms with van der Waals surface area (Å²) in [5.41, 5.74) is 5.36. The highest BCUT2D eigenvalue weighted by Gasteiger charge is 2.16. The van der Waals surface area contributed by atoms with Crippen LogP contribution in [0.15, 0.2) is 66.9 Å². The van der Waals surface area contributed by atoms with E-state index in [4.69, 9.17) is 35.3 Å². The second-order valence-electron chi connectivity index (χ2n) is 8.67. The third-order valence-corrected chi connectivity index (χ3v) is 6.57. The number of benzene rings is 3. The molecule has 3 aromatic carbocycles. The third-order valence-electron chi connectivity index (χ3n) is 6.28. The maximum Gasteiger partial charge on any atom is 0.213 e. The minimum absolute atomic E-state index is 0.220. The molecule has 7 nitrogen and oxygen atoms in total. The Morgan fingerprint density at radius 2 is 1.76 bits per heavy atom. The number of carbonyl (C=O) groups excluding carboxylic acids is 1. The number of nitrogens with zero attached hydrogens (tertiary/aromatic N) is 1. The topological polar surface area (TPSA) is 76.1 Å². The second kappa shape index (κ2) is 11.4. The summed E-state index contributed by atoms with van der Waals surface area (Å²) in [6.45, 7) is 3.65. The summed E-state index contributed by atoms with van der Waals surface area (Å²) >= 11 is 6.45. The van der Waals surface area contributed by atoms with Gasteiger partial charge >= 0.3 is 0 Å². The van der Waals surface area contributed by atoms with E-state index in [2.05, 4.69) is 18.0 Å². The van der Waals surface area contributed by atoms with Gasteiger partial charge < -0.3 is 23.7 Å². The smallest absolute Gasteiger partial charge is 0.213 e. The summed E-state index contributed by atoms with van der Waals surface area (Å²) in [5.74, 6) is 2.78. The minimum atomic E-state index is 0.220. The Hall–Kier alpha value is -4.23. The molecule has 2 heterocycles. The summed E-state index contributed by atoms with van der Waals surface area (Å²) in [6.07, 6.45) is 2.34. The minimum Gasteiger partial charge on any atom is -0.488 e. The lowest BCUT2D eigenvalue weighted by Crippen LogP contribution is -2.15. The first kappa shape index (κ1) is 25.4. The molecule has 0 spiro atoms. The van der Waals surface area contributed by atoms with Gasteiger partial charge in [-0.15, -0.1) is 0 Å². The fraction of sp³-hybridized carbons (Fsp3) is 0.200. The zero-order chi connectivity index (χ0) is 26.5. The van der Waals surface area contributed by atoms with Crippen LogP contribution >= 0.6 is 11.6 Å². The summed E-state index contributed by atoms with van der Waals surface area (Å²) in [6, 6.07) is 18.8. The fourth-order valence-electron chi connectivity index (χ4n) is 4.21. The molecule has 5 rings (SSSR count). The van der Waals surface area contributed by atoms with Crippen LogP contribution in [0.25, 0.3) is 11.1 Å². The number of hydrogen-bond donors (Lipinski definition) is 0. The summed E-state index contributed by atoms with van der Waals surface area (Å²) < 4.78 is 28.6. The lowest BCUT2D eigenvalue weighted by Gasteiger charge is -2.20. The van der Waals surface area contributed by atoms with E-state index in [0.717, 1.165) is 39.3 Å². The predicted octanol–water partition coefficient (Wildman–Crippen LogP) is 6.46. The van der Waals surface area contributed by atoms with E-state index in [0.29, 0.717) is 47.5 Å². The first-order valence-electron chi connectivity index (χ1n) is 12.1. The number of aromatic nitrogens is 1. The monoisotopic (exact) mass is 531 g/mol. The number of rotatable bonds is 9. The van der Waals surface area contributed by atoms with E-state index < -0.39 is 0 Å². The first-order valence-corrected chi connectivity index (χ1v) is 12.4. The highest BCUT2D eigenvalue weighted by atomic mass is 35.5. The van der Waals surface area contributed by atoms with Gasteiger partial charge in [-0.3, -0.25) is 4.79 Å². The molecule has 1 aliphatic heterocycles. The van der Waals surface area contributed by atoms with Crippen molar-refractivity contribution >= 4 is 17.9 Å². The first-order chi connectivity index (χ1) is 18.6. The van der Waals surface area contributed by atoms with Crippen molar-refractivity contribution in [3.63, 3.8) is 0 Å². The van der Waals surface area contributed by atoms with Gasteiger partial charge in [0.2, 0.25) is 5.88 Å². The van der Waals surface area contributed by atoms with Crippen LogP contribution in [0.1, 0.15) is 27.0 Å². The number of halogens is 1. The highest BCUT2D eigenvalue weighted by Crippen LogP contribution is 2.37. The van der Waals surface area contributed by atoms with E-state index in [1.54, 1.807) is 31.5 Å². The molecule has 0 fully saturated rings. The van der Waals surface area contributed by atoms with E-state index in [1.165, 1.54) is 0 Å². The van der Waals surface area contributed by atoms with Crippen molar-refractivity contribution in [3.05, 3.63) is 94.1 Å². The van der Waals surface area contributed by atoms with Crippen LogP contribution in [0.5, 0.6) is 28.9 Å². The number of pyridine rings is 1. The molecule has 8 heteroatoms. The molecule has 1 aromatic heterocycles. The number of carbonyl (C=O) groups is 1. The molecular formula is C30H26ClNO6. The average Bonchev–Trinajstić information content (AvgIpc) is 2.96. The molecule has 1 aliphatic rings. The normalized spacial score (nSPS) is 12.1. The van der Waals surface area contributed by atoms with Crippen LogP contribution in [0.4, 0.5) is 0 Å². The van der Waals surface area contributed by atoms with Crippen molar-refractivity contribution in [2.75, 3.05) is 20.3 Å². The molecule has 194 valence electrons. The summed E-state index contributed by atoms with van der Waals surface area (Å²) in [7, 11) is 1.55. The zero-order valence-corrected chi connectivity index (χ0v) is 21.8. The van der Waals surface area contributed by atoms with E-state index >= 15 is 0 Å². The van der Waals surface area contributed by atoms with Crippen molar-refractivity contribution in [3.8, 4) is 40.0 Å². The van der Waals surface area contributed by atoms with Crippen LogP contribution in [-0.2, 0) is 13.2 Å². The highest BCUT2D eigenvalue weighted by molar-refractivity contribution is 6.32. The van der Waals surface area contributed by atoms with Gasteiger partial charge in [-0.2, -0.15) is 0 Å². The quantitative estimate of drug-likeness (QED) is 0.229. The molecule has 0 saturated heterocycles. The lowest BCUT2D eigenvalue weighted by atomic mass is 9.96. The maximum atomic E-state index is 11.7. The van der Waals surface area contributed by atoms with Crippen molar-refractivity contribution in [1.29, 1.82) is 0 Å². The largest absolute Gasteiger partial charge is 0.488 e. The van der Waals surface area contributed by atoms with Crippen LogP contribution in [-0.4, -0.2) is 31.6 Å². The number of hydrogen-bond acceptors (Lipinski definition) is 7. The Labute approximate surface area is 225 Å². The molecule has 0 amide bonds. The van der Waals surface area contributed by atoms with Crippen LogP contribution in [0, 0.1) is 6.92 Å². The lowest BCUT2D eigenvalue weighted by molar-refractivity contribution is 0.111. The van der Waals surface area contributed by atoms with Crippen LogP contribution < -0.4 is 23.7 Å². The van der Waals surface area contributed by atoms with Gasteiger partial charge in [-0.25, -0.2) is 4.98 Å². The van der Waals surface area contributed by atoms with Gasteiger partial charge in [0.05, 0.1) is 17.7 Å². The van der Waals surface area contributed by atoms with Gasteiger partial charge in [-0.1, -0.05) is 35.9 Å². The van der Waals surface area contributed by atoms with Gasteiger partial charge in [0.25, 0.3) is 0 Å². The number of fused-ring (bicyclic) bond motifs is 1. The molecule has 0 bridgehead atoms. The van der Waals surface area contributed by atoms with Crippen LogP contribution in [0.2, 0.25) is 5.02 Å². The fourth-order valence-corrected chi connectivity index (χ4v) is 4.44. The Morgan fingerprint density at radius 1 is 0.947 bits per heavy atom. The number of methoxy groups -OCH3 is 1. The van der Waals surface area contributed by atoms with E-state index in [1.807, 2.05) is 36.4 Å². The Kier molecular flexibility index (Phi) is 7.65. The molecule has 0 N–H and O–H groups in total. The maximum absolute atomic E-state index is 11.7. The summed E-state index contributed by atoms with van der Waals surface area (Å²) in [4.78, 5) is 15.8. The molecular weight excluding hydrogens is 506 g/mol. The van der Waals surface area contributed by atoms with Crippen LogP contribution in [0.3, 0.4) is 0 Å². The molecule has 0 radical (unpaired) electrons. The van der Waals surface area contributed by atoms with Crippen molar-refractivity contribution < 1.29 is 28.5 Å².